The summed E-state index contributed by atoms with van der Waals surface area (Å²) in [4.78, 5) is 12.4. The lowest BCUT2D eigenvalue weighted by atomic mass is 10.1. The molecule has 5 nitrogen and oxygen atoms in total. The zero-order valence-electron chi connectivity index (χ0n) is 14.0. The Morgan fingerprint density at radius 2 is 2.00 bits per heavy atom. The first-order chi connectivity index (χ1) is 12.0. The fraction of sp³-hybridized carbons (Fsp3) is 0.158. The Hall–Kier alpha value is -2.79. The Kier molecular flexibility index (Phi) is 5.05. The van der Waals surface area contributed by atoms with Crippen molar-refractivity contribution in [1.82, 2.24) is 9.78 Å². The number of aryl methyl sites for hydroxylation is 1. The van der Waals surface area contributed by atoms with Gasteiger partial charge >= 0.3 is 0 Å². The van der Waals surface area contributed by atoms with Crippen LogP contribution in [-0.4, -0.2) is 22.8 Å². The van der Waals surface area contributed by atoms with Crippen molar-refractivity contribution in [2.24, 2.45) is 0 Å². The van der Waals surface area contributed by atoms with Crippen molar-refractivity contribution in [3.63, 3.8) is 0 Å². The van der Waals surface area contributed by atoms with E-state index in [0.717, 1.165) is 22.7 Å². The van der Waals surface area contributed by atoms with Gasteiger partial charge in [-0.2, -0.15) is 5.10 Å². The van der Waals surface area contributed by atoms with Crippen LogP contribution in [0.3, 0.4) is 0 Å². The summed E-state index contributed by atoms with van der Waals surface area (Å²) in [5, 5.41) is 7.96. The van der Waals surface area contributed by atoms with Gasteiger partial charge in [-0.25, -0.2) is 4.68 Å². The van der Waals surface area contributed by atoms with Crippen LogP contribution in [0.25, 0.3) is 5.69 Å². The van der Waals surface area contributed by atoms with E-state index in [-0.39, 0.29) is 12.3 Å². The van der Waals surface area contributed by atoms with E-state index in [0.29, 0.717) is 10.8 Å². The van der Waals surface area contributed by atoms with Crippen LogP contribution in [0.2, 0.25) is 5.02 Å². The summed E-state index contributed by atoms with van der Waals surface area (Å²) < 4.78 is 6.86. The topological polar surface area (TPSA) is 56.1 Å². The van der Waals surface area contributed by atoms with Crippen LogP contribution in [-0.2, 0) is 11.2 Å². The molecule has 0 fully saturated rings. The Balaban J connectivity index is 1.79. The number of halogens is 1. The number of benzene rings is 2. The van der Waals surface area contributed by atoms with Crippen molar-refractivity contribution < 1.29 is 9.53 Å². The molecule has 0 aliphatic heterocycles. The highest BCUT2D eigenvalue weighted by molar-refractivity contribution is 6.30. The number of ether oxygens (including phenoxy) is 1. The molecule has 1 amide bonds. The van der Waals surface area contributed by atoms with Crippen molar-refractivity contribution in [3.8, 4) is 11.4 Å². The van der Waals surface area contributed by atoms with Gasteiger partial charge < -0.3 is 10.1 Å². The maximum Gasteiger partial charge on any atom is 0.229 e. The van der Waals surface area contributed by atoms with Gasteiger partial charge in [0.05, 0.1) is 24.9 Å². The van der Waals surface area contributed by atoms with Crippen LogP contribution in [0.1, 0.15) is 11.3 Å². The molecule has 0 bridgehead atoms. The molecule has 128 valence electrons. The van der Waals surface area contributed by atoms with Crippen molar-refractivity contribution in [2.75, 3.05) is 12.4 Å². The van der Waals surface area contributed by atoms with Gasteiger partial charge in [0.2, 0.25) is 5.91 Å². The Morgan fingerprint density at radius 1 is 1.20 bits per heavy atom. The molecule has 0 radical (unpaired) electrons. The number of carbonyl (C=O) groups is 1. The standard InChI is InChI=1S/C19H18ClN3O2/c1-13-9-18(23(22-13)16-7-4-6-15(20)12-16)21-19(24)11-14-5-3-8-17(10-14)25-2/h3-10,12H,11H2,1-2H3,(H,21,24). The lowest BCUT2D eigenvalue weighted by molar-refractivity contribution is -0.115. The van der Waals surface area contributed by atoms with Crippen molar-refractivity contribution >= 4 is 23.3 Å². The zero-order chi connectivity index (χ0) is 17.8. The first-order valence-corrected chi connectivity index (χ1v) is 8.18. The van der Waals surface area contributed by atoms with E-state index in [9.17, 15) is 4.79 Å². The van der Waals surface area contributed by atoms with Crippen molar-refractivity contribution in [1.29, 1.82) is 0 Å². The van der Waals surface area contributed by atoms with E-state index in [2.05, 4.69) is 10.4 Å². The predicted molar refractivity (Wildman–Crippen MR) is 98.6 cm³/mol. The Morgan fingerprint density at radius 3 is 2.76 bits per heavy atom. The highest BCUT2D eigenvalue weighted by Gasteiger charge is 2.12. The molecule has 3 aromatic rings. The number of carbonyl (C=O) groups excluding carboxylic acids is 1. The zero-order valence-corrected chi connectivity index (χ0v) is 14.7. The second-order valence-electron chi connectivity index (χ2n) is 5.64. The molecule has 2 aromatic carbocycles. The van der Waals surface area contributed by atoms with Gasteiger partial charge in [0, 0.05) is 11.1 Å². The summed E-state index contributed by atoms with van der Waals surface area (Å²) in [6, 6.07) is 16.6. The first kappa shape index (κ1) is 17.0. The number of anilines is 1. The fourth-order valence-corrected chi connectivity index (χ4v) is 2.73. The lowest BCUT2D eigenvalue weighted by Gasteiger charge is -2.10. The molecule has 25 heavy (non-hydrogen) atoms. The van der Waals surface area contributed by atoms with Gasteiger partial charge in [-0.15, -0.1) is 0 Å². The summed E-state index contributed by atoms with van der Waals surface area (Å²) in [5.41, 5.74) is 2.47. The average molecular weight is 356 g/mol. The molecular formula is C19H18ClN3O2. The largest absolute Gasteiger partial charge is 0.497 e. The highest BCUT2D eigenvalue weighted by atomic mass is 35.5. The van der Waals surface area contributed by atoms with Crippen LogP contribution in [0.4, 0.5) is 5.82 Å². The number of hydrogen-bond donors (Lipinski definition) is 1. The molecule has 1 aromatic heterocycles. The number of methoxy groups -OCH3 is 1. The molecule has 1 heterocycles. The summed E-state index contributed by atoms with van der Waals surface area (Å²) in [7, 11) is 1.60. The number of aromatic nitrogens is 2. The second kappa shape index (κ2) is 7.40. The first-order valence-electron chi connectivity index (χ1n) is 7.80. The lowest BCUT2D eigenvalue weighted by Crippen LogP contribution is -2.17. The van der Waals surface area contributed by atoms with Gasteiger partial charge in [0.1, 0.15) is 11.6 Å². The van der Waals surface area contributed by atoms with Crippen LogP contribution in [0, 0.1) is 6.92 Å². The van der Waals surface area contributed by atoms with E-state index >= 15 is 0 Å². The monoisotopic (exact) mass is 355 g/mol. The fourth-order valence-electron chi connectivity index (χ4n) is 2.55. The minimum atomic E-state index is -0.128. The van der Waals surface area contributed by atoms with E-state index in [1.807, 2.05) is 49.4 Å². The molecule has 0 saturated carbocycles. The van der Waals surface area contributed by atoms with E-state index in [4.69, 9.17) is 16.3 Å². The van der Waals surface area contributed by atoms with Gasteiger partial charge in [0.25, 0.3) is 0 Å². The number of nitrogens with one attached hydrogen (secondary N) is 1. The molecular weight excluding hydrogens is 338 g/mol. The van der Waals surface area contributed by atoms with E-state index < -0.39 is 0 Å². The predicted octanol–water partition coefficient (Wildman–Crippen LogP) is 4.02. The van der Waals surface area contributed by atoms with Crippen LogP contribution in [0.5, 0.6) is 5.75 Å². The normalized spacial score (nSPS) is 10.5. The van der Waals surface area contributed by atoms with Gasteiger partial charge in [-0.1, -0.05) is 29.8 Å². The summed E-state index contributed by atoms with van der Waals surface area (Å²) in [5.74, 6) is 1.20. The third-order valence-corrected chi connectivity index (χ3v) is 3.89. The number of nitrogens with zero attached hydrogens (tertiary/aromatic N) is 2. The van der Waals surface area contributed by atoms with Gasteiger partial charge in [0.15, 0.2) is 0 Å². The molecule has 3 rings (SSSR count). The Bertz CT molecular complexity index is 905. The average Bonchev–Trinajstić information content (AvgIpc) is 2.95. The smallest absolute Gasteiger partial charge is 0.229 e. The third-order valence-electron chi connectivity index (χ3n) is 3.65. The quantitative estimate of drug-likeness (QED) is 0.752. The van der Waals surface area contributed by atoms with E-state index in [1.165, 1.54) is 0 Å². The van der Waals surface area contributed by atoms with Crippen molar-refractivity contribution in [3.05, 3.63) is 70.9 Å². The van der Waals surface area contributed by atoms with Gasteiger partial charge in [-0.05, 0) is 42.8 Å². The summed E-state index contributed by atoms with van der Waals surface area (Å²) >= 11 is 6.06. The minimum absolute atomic E-state index is 0.128. The molecule has 0 atom stereocenters. The number of rotatable bonds is 5. The molecule has 0 aliphatic carbocycles. The SMILES string of the molecule is COc1cccc(CC(=O)Nc2cc(C)nn2-c2cccc(Cl)c2)c1. The van der Waals surface area contributed by atoms with Crippen LogP contribution >= 0.6 is 11.6 Å². The third kappa shape index (κ3) is 4.19. The maximum absolute atomic E-state index is 12.4. The van der Waals surface area contributed by atoms with Crippen molar-refractivity contribution in [2.45, 2.75) is 13.3 Å². The van der Waals surface area contributed by atoms with E-state index in [1.54, 1.807) is 23.9 Å². The Labute approximate surface area is 151 Å². The molecule has 0 unspecified atom stereocenters. The molecule has 0 saturated heterocycles. The molecule has 0 spiro atoms. The molecule has 0 aliphatic rings. The maximum atomic E-state index is 12.4. The number of amides is 1. The highest BCUT2D eigenvalue weighted by Crippen LogP contribution is 2.20. The second-order valence-corrected chi connectivity index (χ2v) is 6.08. The van der Waals surface area contributed by atoms with Crippen LogP contribution in [0.15, 0.2) is 54.6 Å². The van der Waals surface area contributed by atoms with Crippen LogP contribution < -0.4 is 10.1 Å². The summed E-state index contributed by atoms with van der Waals surface area (Å²) in [6.07, 6.45) is 0.247. The van der Waals surface area contributed by atoms with Gasteiger partial charge in [-0.3, -0.25) is 4.79 Å². The molecule has 1 N–H and O–H groups in total. The minimum Gasteiger partial charge on any atom is -0.497 e. The number of hydrogen-bond acceptors (Lipinski definition) is 3. The molecule has 6 heteroatoms. The summed E-state index contributed by atoms with van der Waals surface area (Å²) in [6.45, 7) is 1.87.